The first-order chi connectivity index (χ1) is 7.29. The molecule has 0 aromatic heterocycles. The van der Waals surface area contributed by atoms with Crippen LogP contribution in [0.1, 0.15) is 12.8 Å². The first-order valence-corrected chi connectivity index (χ1v) is 5.93. The van der Waals surface area contributed by atoms with Crippen molar-refractivity contribution in [3.05, 3.63) is 0 Å². The van der Waals surface area contributed by atoms with E-state index < -0.39 is 0 Å². The number of hydrogen-bond donors (Lipinski definition) is 2. The van der Waals surface area contributed by atoms with Gasteiger partial charge >= 0.3 is 0 Å². The molecule has 0 spiro atoms. The van der Waals surface area contributed by atoms with Crippen LogP contribution < -0.4 is 10.6 Å². The predicted molar refractivity (Wildman–Crippen MR) is 59.6 cm³/mol. The summed E-state index contributed by atoms with van der Waals surface area (Å²) in [6.07, 6.45) is 1.66. The molecule has 2 heterocycles. The van der Waals surface area contributed by atoms with Crippen LogP contribution in [0.15, 0.2) is 0 Å². The summed E-state index contributed by atoms with van der Waals surface area (Å²) in [4.78, 5) is 13.6. The van der Waals surface area contributed by atoms with Crippen LogP contribution in [0, 0.1) is 11.8 Å². The molecule has 15 heavy (non-hydrogen) atoms. The van der Waals surface area contributed by atoms with Gasteiger partial charge in [-0.15, -0.1) is 0 Å². The molecule has 4 heteroatoms. The molecule has 2 fully saturated rings. The van der Waals surface area contributed by atoms with Gasteiger partial charge in [0.15, 0.2) is 0 Å². The lowest BCUT2D eigenvalue weighted by atomic mass is 10.0. The maximum Gasteiger partial charge on any atom is 0.219 e. The minimum absolute atomic E-state index is 0.163. The van der Waals surface area contributed by atoms with Crippen molar-refractivity contribution >= 4 is 5.91 Å². The van der Waals surface area contributed by atoms with Crippen molar-refractivity contribution in [1.29, 1.82) is 0 Å². The summed E-state index contributed by atoms with van der Waals surface area (Å²) in [5, 5.41) is 6.10. The van der Waals surface area contributed by atoms with Crippen molar-refractivity contribution < 1.29 is 4.79 Å². The summed E-state index contributed by atoms with van der Waals surface area (Å²) in [7, 11) is 1.70. The second-order valence-electron chi connectivity index (χ2n) is 4.71. The van der Waals surface area contributed by atoms with Crippen LogP contribution in [-0.4, -0.2) is 50.6 Å². The molecule has 2 aliphatic heterocycles. The zero-order chi connectivity index (χ0) is 10.7. The minimum atomic E-state index is 0.163. The molecule has 0 aromatic carbocycles. The number of nitrogens with one attached hydrogen (secondary N) is 2. The Morgan fingerprint density at radius 2 is 2.07 bits per heavy atom. The van der Waals surface area contributed by atoms with Gasteiger partial charge in [-0.05, 0) is 37.9 Å². The maximum absolute atomic E-state index is 11.0. The Hall–Kier alpha value is -0.610. The van der Waals surface area contributed by atoms with Gasteiger partial charge in [-0.25, -0.2) is 0 Å². The topological polar surface area (TPSA) is 44.4 Å². The van der Waals surface area contributed by atoms with Crippen LogP contribution in [-0.2, 0) is 4.79 Å². The van der Waals surface area contributed by atoms with Gasteiger partial charge in [0.1, 0.15) is 0 Å². The van der Waals surface area contributed by atoms with Crippen LogP contribution in [0.2, 0.25) is 0 Å². The van der Waals surface area contributed by atoms with Crippen molar-refractivity contribution in [3.8, 4) is 0 Å². The molecule has 2 saturated heterocycles. The molecule has 86 valence electrons. The summed E-state index contributed by atoms with van der Waals surface area (Å²) in [6.45, 7) is 5.92. The first-order valence-electron chi connectivity index (χ1n) is 5.93. The molecule has 2 N–H and O–H groups in total. The molecule has 2 rings (SSSR count). The van der Waals surface area contributed by atoms with Gasteiger partial charge in [-0.3, -0.25) is 4.79 Å². The quantitative estimate of drug-likeness (QED) is 0.669. The zero-order valence-electron chi connectivity index (χ0n) is 9.46. The summed E-state index contributed by atoms with van der Waals surface area (Å²) in [5.41, 5.74) is 0. The van der Waals surface area contributed by atoms with Gasteiger partial charge in [-0.2, -0.15) is 0 Å². The monoisotopic (exact) mass is 211 g/mol. The lowest BCUT2D eigenvalue weighted by molar-refractivity contribution is -0.120. The van der Waals surface area contributed by atoms with Gasteiger partial charge in [-0.1, -0.05) is 0 Å². The van der Waals surface area contributed by atoms with Gasteiger partial charge < -0.3 is 15.5 Å². The lowest BCUT2D eigenvalue weighted by Crippen LogP contribution is -2.28. The second-order valence-corrected chi connectivity index (χ2v) is 4.71. The molecular weight excluding hydrogens is 190 g/mol. The highest BCUT2D eigenvalue weighted by Gasteiger charge is 2.35. The third-order valence-electron chi connectivity index (χ3n) is 3.62. The fourth-order valence-electron chi connectivity index (χ4n) is 2.72. The summed E-state index contributed by atoms with van der Waals surface area (Å²) in [5.74, 6) is 1.89. The number of likely N-dealkylation sites (tertiary alicyclic amines) is 1. The Labute approximate surface area is 91.4 Å². The SMILES string of the molecule is CNC(=O)CCCN1CC2CNCC2C1. The highest BCUT2D eigenvalue weighted by molar-refractivity contribution is 5.75. The third kappa shape index (κ3) is 2.69. The van der Waals surface area contributed by atoms with Crippen LogP contribution in [0.4, 0.5) is 0 Å². The van der Waals surface area contributed by atoms with E-state index in [4.69, 9.17) is 0 Å². The van der Waals surface area contributed by atoms with E-state index in [1.165, 1.54) is 26.2 Å². The van der Waals surface area contributed by atoms with Crippen LogP contribution in [0.25, 0.3) is 0 Å². The zero-order valence-corrected chi connectivity index (χ0v) is 9.46. The predicted octanol–water partition coefficient (Wildman–Crippen LogP) is -0.336. The molecule has 2 unspecified atom stereocenters. The summed E-state index contributed by atoms with van der Waals surface area (Å²) >= 11 is 0. The van der Waals surface area contributed by atoms with Crippen LogP contribution in [0.3, 0.4) is 0 Å². The smallest absolute Gasteiger partial charge is 0.219 e. The van der Waals surface area contributed by atoms with E-state index in [2.05, 4.69) is 15.5 Å². The van der Waals surface area contributed by atoms with E-state index in [9.17, 15) is 4.79 Å². The molecule has 0 bridgehead atoms. The Kier molecular flexibility index (Phi) is 3.59. The fourth-order valence-corrected chi connectivity index (χ4v) is 2.72. The molecule has 0 aliphatic carbocycles. The number of fused-ring (bicyclic) bond motifs is 1. The first kappa shape index (κ1) is 10.9. The Morgan fingerprint density at radius 3 is 2.67 bits per heavy atom. The summed E-state index contributed by atoms with van der Waals surface area (Å²) in [6, 6.07) is 0. The van der Waals surface area contributed by atoms with Crippen LogP contribution in [0.5, 0.6) is 0 Å². The Balaban J connectivity index is 1.63. The lowest BCUT2D eigenvalue weighted by Gasteiger charge is -2.16. The molecule has 2 atom stereocenters. The third-order valence-corrected chi connectivity index (χ3v) is 3.62. The molecule has 0 radical (unpaired) electrons. The molecule has 1 amide bonds. The van der Waals surface area contributed by atoms with E-state index in [0.29, 0.717) is 6.42 Å². The highest BCUT2D eigenvalue weighted by atomic mass is 16.1. The Bertz CT molecular complexity index is 220. The molecule has 0 saturated carbocycles. The normalized spacial score (nSPS) is 30.5. The Morgan fingerprint density at radius 1 is 1.40 bits per heavy atom. The molecule has 0 aromatic rings. The van der Waals surface area contributed by atoms with Crippen molar-refractivity contribution in [2.75, 3.05) is 39.8 Å². The van der Waals surface area contributed by atoms with Crippen molar-refractivity contribution in [2.45, 2.75) is 12.8 Å². The second kappa shape index (κ2) is 4.94. The number of hydrogen-bond acceptors (Lipinski definition) is 3. The standard InChI is InChI=1S/C11H21N3O/c1-12-11(15)3-2-4-14-7-9-5-13-6-10(9)8-14/h9-10,13H,2-8H2,1H3,(H,12,15). The van der Waals surface area contributed by atoms with E-state index in [0.717, 1.165) is 24.8 Å². The van der Waals surface area contributed by atoms with Gasteiger partial charge in [0, 0.05) is 26.6 Å². The number of carbonyl (C=O) groups is 1. The fraction of sp³-hybridized carbons (Fsp3) is 0.909. The number of rotatable bonds is 4. The van der Waals surface area contributed by atoms with E-state index in [-0.39, 0.29) is 5.91 Å². The van der Waals surface area contributed by atoms with Gasteiger partial charge in [0.2, 0.25) is 5.91 Å². The van der Waals surface area contributed by atoms with Crippen LogP contribution >= 0.6 is 0 Å². The van der Waals surface area contributed by atoms with Gasteiger partial charge in [0.25, 0.3) is 0 Å². The molecule has 4 nitrogen and oxygen atoms in total. The molecule has 2 aliphatic rings. The summed E-state index contributed by atoms with van der Waals surface area (Å²) < 4.78 is 0. The number of nitrogens with zero attached hydrogens (tertiary/aromatic N) is 1. The maximum atomic E-state index is 11.0. The highest BCUT2D eigenvalue weighted by Crippen LogP contribution is 2.26. The largest absolute Gasteiger partial charge is 0.359 e. The average Bonchev–Trinajstić information content (AvgIpc) is 2.77. The van der Waals surface area contributed by atoms with E-state index in [1.54, 1.807) is 7.05 Å². The van der Waals surface area contributed by atoms with Crippen molar-refractivity contribution in [3.63, 3.8) is 0 Å². The minimum Gasteiger partial charge on any atom is -0.359 e. The number of amides is 1. The van der Waals surface area contributed by atoms with E-state index in [1.807, 2.05) is 0 Å². The van der Waals surface area contributed by atoms with Crippen molar-refractivity contribution in [1.82, 2.24) is 15.5 Å². The van der Waals surface area contributed by atoms with Gasteiger partial charge in [0.05, 0.1) is 0 Å². The number of carbonyl (C=O) groups excluding carboxylic acids is 1. The molecular formula is C11H21N3O. The average molecular weight is 211 g/mol. The van der Waals surface area contributed by atoms with E-state index >= 15 is 0 Å². The van der Waals surface area contributed by atoms with Crippen molar-refractivity contribution in [2.24, 2.45) is 11.8 Å².